The number of aliphatic imine (C=N–C) groups is 1. The third kappa shape index (κ3) is 5.41. The van der Waals surface area contributed by atoms with Crippen LogP contribution in [0.15, 0.2) is 52.4 Å². The molecular formula is C24H28N2O4S. The summed E-state index contributed by atoms with van der Waals surface area (Å²) in [5, 5.41) is 0.660. The van der Waals surface area contributed by atoms with Crippen molar-refractivity contribution in [3.8, 4) is 17.2 Å². The molecule has 6 nitrogen and oxygen atoms in total. The maximum absolute atomic E-state index is 12.9. The van der Waals surface area contributed by atoms with Crippen LogP contribution in [0.5, 0.6) is 17.2 Å². The topological polar surface area (TPSA) is 60.4 Å². The van der Waals surface area contributed by atoms with Gasteiger partial charge in [-0.25, -0.2) is 4.99 Å². The van der Waals surface area contributed by atoms with Crippen molar-refractivity contribution in [2.75, 3.05) is 20.8 Å². The number of rotatable bonds is 8. The van der Waals surface area contributed by atoms with Gasteiger partial charge in [-0.3, -0.25) is 9.69 Å². The normalized spacial score (nSPS) is 17.3. The molecule has 1 fully saturated rings. The van der Waals surface area contributed by atoms with Gasteiger partial charge < -0.3 is 14.2 Å². The first kappa shape index (κ1) is 22.7. The Morgan fingerprint density at radius 2 is 1.81 bits per heavy atom. The smallest absolute Gasteiger partial charge is 0.266 e. The molecule has 1 saturated heterocycles. The SMILES string of the molecule is CC[C@H](C)Oc1ccc(/C=C2/SC(=Nc3ccc(OC)cc3)N(CC)C2=O)cc1OC. The number of amidine groups is 1. The van der Waals surface area contributed by atoms with Gasteiger partial charge in [0.1, 0.15) is 5.75 Å². The molecule has 1 aliphatic heterocycles. The van der Waals surface area contributed by atoms with E-state index in [4.69, 9.17) is 14.2 Å². The number of ether oxygens (including phenoxy) is 3. The number of thioether (sulfide) groups is 1. The highest BCUT2D eigenvalue weighted by Gasteiger charge is 2.32. The van der Waals surface area contributed by atoms with Crippen LogP contribution in [0.2, 0.25) is 0 Å². The fraction of sp³-hybridized carbons (Fsp3) is 0.333. The fourth-order valence-electron chi connectivity index (χ4n) is 2.96. The van der Waals surface area contributed by atoms with Crippen LogP contribution in [-0.2, 0) is 4.79 Å². The summed E-state index contributed by atoms with van der Waals surface area (Å²) >= 11 is 1.37. The molecule has 0 spiro atoms. The van der Waals surface area contributed by atoms with Gasteiger partial charge >= 0.3 is 0 Å². The quantitative estimate of drug-likeness (QED) is 0.507. The van der Waals surface area contributed by atoms with Crippen LogP contribution in [0.25, 0.3) is 6.08 Å². The Labute approximate surface area is 187 Å². The maximum Gasteiger partial charge on any atom is 0.266 e. The molecule has 31 heavy (non-hydrogen) atoms. The third-order valence-corrected chi connectivity index (χ3v) is 5.90. The molecule has 7 heteroatoms. The molecule has 1 atom stereocenters. The monoisotopic (exact) mass is 440 g/mol. The lowest BCUT2D eigenvalue weighted by molar-refractivity contribution is -0.122. The molecule has 0 aromatic heterocycles. The Bertz CT molecular complexity index is 986. The lowest BCUT2D eigenvalue weighted by Crippen LogP contribution is -2.28. The molecule has 0 N–H and O–H groups in total. The number of likely N-dealkylation sites (N-methyl/N-ethyl adjacent to an activating group) is 1. The van der Waals surface area contributed by atoms with Crippen LogP contribution in [0.3, 0.4) is 0 Å². The molecular weight excluding hydrogens is 412 g/mol. The average molecular weight is 441 g/mol. The molecule has 2 aromatic carbocycles. The van der Waals surface area contributed by atoms with Gasteiger partial charge in [0.15, 0.2) is 16.7 Å². The van der Waals surface area contributed by atoms with E-state index >= 15 is 0 Å². The second-order valence-corrected chi connectivity index (χ2v) is 8.01. The van der Waals surface area contributed by atoms with Crippen molar-refractivity contribution in [3.05, 3.63) is 52.9 Å². The van der Waals surface area contributed by atoms with Crippen molar-refractivity contribution in [1.82, 2.24) is 4.90 Å². The first-order chi connectivity index (χ1) is 15.0. The summed E-state index contributed by atoms with van der Waals surface area (Å²) in [6, 6.07) is 13.1. The third-order valence-electron chi connectivity index (χ3n) is 4.89. The summed E-state index contributed by atoms with van der Waals surface area (Å²) in [7, 11) is 3.24. The van der Waals surface area contributed by atoms with E-state index in [1.165, 1.54) is 11.8 Å². The zero-order chi connectivity index (χ0) is 22.4. The van der Waals surface area contributed by atoms with E-state index in [1.54, 1.807) is 19.1 Å². The fourth-order valence-corrected chi connectivity index (χ4v) is 4.02. The minimum atomic E-state index is -0.0568. The van der Waals surface area contributed by atoms with E-state index in [2.05, 4.69) is 11.9 Å². The summed E-state index contributed by atoms with van der Waals surface area (Å²) < 4.78 is 16.6. The van der Waals surface area contributed by atoms with Crippen molar-refractivity contribution < 1.29 is 19.0 Å². The van der Waals surface area contributed by atoms with Gasteiger partial charge in [0.25, 0.3) is 5.91 Å². The number of carbonyl (C=O) groups is 1. The van der Waals surface area contributed by atoms with Gasteiger partial charge in [-0.15, -0.1) is 0 Å². The second-order valence-electron chi connectivity index (χ2n) is 7.00. The predicted octanol–water partition coefficient (Wildman–Crippen LogP) is 5.51. The number of hydrogen-bond donors (Lipinski definition) is 0. The van der Waals surface area contributed by atoms with Crippen molar-refractivity contribution >= 4 is 34.6 Å². The van der Waals surface area contributed by atoms with E-state index in [0.717, 1.165) is 23.4 Å². The summed E-state index contributed by atoms with van der Waals surface area (Å²) in [6.07, 6.45) is 2.87. The number of benzene rings is 2. The highest BCUT2D eigenvalue weighted by Crippen LogP contribution is 2.36. The standard InChI is InChI=1S/C24H28N2O4S/c1-6-16(3)30-20-13-8-17(14-21(20)29-5)15-22-23(27)26(7-2)24(31-22)25-18-9-11-19(28-4)12-10-18/h8-16H,6-7H2,1-5H3/b22-15+,25-24?/t16-/m0/s1. The van der Waals surface area contributed by atoms with Crippen molar-refractivity contribution in [3.63, 3.8) is 0 Å². The lowest BCUT2D eigenvalue weighted by Gasteiger charge is -2.15. The number of amides is 1. The Hall–Kier alpha value is -2.93. The first-order valence-corrected chi connectivity index (χ1v) is 11.1. The van der Waals surface area contributed by atoms with Gasteiger partial charge in [0, 0.05) is 6.54 Å². The first-order valence-electron chi connectivity index (χ1n) is 10.3. The van der Waals surface area contributed by atoms with Gasteiger partial charge in [0.05, 0.1) is 30.9 Å². The highest BCUT2D eigenvalue weighted by molar-refractivity contribution is 8.18. The summed E-state index contributed by atoms with van der Waals surface area (Å²) in [5.41, 5.74) is 1.63. The zero-order valence-corrected chi connectivity index (χ0v) is 19.4. The van der Waals surface area contributed by atoms with E-state index in [1.807, 2.05) is 62.4 Å². The molecule has 3 rings (SSSR count). The number of methoxy groups -OCH3 is 2. The van der Waals surface area contributed by atoms with E-state index < -0.39 is 0 Å². The van der Waals surface area contributed by atoms with Crippen LogP contribution in [0, 0.1) is 0 Å². The van der Waals surface area contributed by atoms with Crippen LogP contribution in [0.4, 0.5) is 5.69 Å². The van der Waals surface area contributed by atoms with E-state index in [-0.39, 0.29) is 12.0 Å². The van der Waals surface area contributed by atoms with Crippen LogP contribution in [0.1, 0.15) is 32.8 Å². The predicted molar refractivity (Wildman–Crippen MR) is 126 cm³/mol. The van der Waals surface area contributed by atoms with Crippen molar-refractivity contribution in [1.29, 1.82) is 0 Å². The number of nitrogens with zero attached hydrogens (tertiary/aromatic N) is 2. The van der Waals surface area contributed by atoms with Gasteiger partial charge in [0.2, 0.25) is 0 Å². The number of carbonyl (C=O) groups excluding carboxylic acids is 1. The van der Waals surface area contributed by atoms with E-state index in [0.29, 0.717) is 28.1 Å². The second kappa shape index (κ2) is 10.4. The number of hydrogen-bond acceptors (Lipinski definition) is 6. The lowest BCUT2D eigenvalue weighted by atomic mass is 10.1. The molecule has 0 radical (unpaired) electrons. The summed E-state index contributed by atoms with van der Waals surface area (Å²) in [6.45, 7) is 6.58. The largest absolute Gasteiger partial charge is 0.497 e. The van der Waals surface area contributed by atoms with Crippen LogP contribution in [-0.4, -0.2) is 42.8 Å². The molecule has 0 unspecified atom stereocenters. The summed E-state index contributed by atoms with van der Waals surface area (Å²) in [5.74, 6) is 2.05. The average Bonchev–Trinajstić information content (AvgIpc) is 3.08. The molecule has 1 heterocycles. The maximum atomic E-state index is 12.9. The molecule has 1 aliphatic rings. The van der Waals surface area contributed by atoms with Crippen molar-refractivity contribution in [2.24, 2.45) is 4.99 Å². The minimum absolute atomic E-state index is 0.0568. The van der Waals surface area contributed by atoms with Gasteiger partial charge in [-0.1, -0.05) is 13.0 Å². The Morgan fingerprint density at radius 3 is 2.42 bits per heavy atom. The Balaban J connectivity index is 1.86. The highest BCUT2D eigenvalue weighted by atomic mass is 32.2. The molecule has 0 saturated carbocycles. The Morgan fingerprint density at radius 1 is 1.06 bits per heavy atom. The van der Waals surface area contributed by atoms with Crippen molar-refractivity contribution in [2.45, 2.75) is 33.3 Å². The van der Waals surface area contributed by atoms with Crippen LogP contribution < -0.4 is 14.2 Å². The molecule has 2 aromatic rings. The molecule has 164 valence electrons. The van der Waals surface area contributed by atoms with Crippen LogP contribution >= 0.6 is 11.8 Å². The Kier molecular flexibility index (Phi) is 7.63. The zero-order valence-electron chi connectivity index (χ0n) is 18.5. The molecule has 1 amide bonds. The molecule has 0 aliphatic carbocycles. The van der Waals surface area contributed by atoms with E-state index in [9.17, 15) is 4.79 Å². The minimum Gasteiger partial charge on any atom is -0.497 e. The van der Waals surface area contributed by atoms with Gasteiger partial charge in [-0.2, -0.15) is 0 Å². The van der Waals surface area contributed by atoms with Gasteiger partial charge in [-0.05, 0) is 80.1 Å². The molecule has 0 bridgehead atoms. The summed E-state index contributed by atoms with van der Waals surface area (Å²) in [4.78, 5) is 19.9.